The number of para-hydroxylation sites is 1. The molecule has 23 heavy (non-hydrogen) atoms. The normalized spacial score (nSPS) is 10.5. The number of nitrogens with zero attached hydrogens (tertiary/aromatic N) is 2. The Labute approximate surface area is 132 Å². The van der Waals surface area contributed by atoms with E-state index in [4.69, 9.17) is 5.73 Å². The van der Waals surface area contributed by atoms with Crippen molar-refractivity contribution in [2.75, 3.05) is 5.32 Å². The van der Waals surface area contributed by atoms with Crippen molar-refractivity contribution in [3.05, 3.63) is 77.9 Å². The number of hydrogen-bond donors (Lipinski definition) is 2. The molecule has 3 aromatic rings. The van der Waals surface area contributed by atoms with Gasteiger partial charge < -0.3 is 11.1 Å². The Bertz CT molecular complexity index is 830. The van der Waals surface area contributed by atoms with Crippen LogP contribution in [-0.2, 0) is 6.54 Å². The predicted octanol–water partition coefficient (Wildman–Crippen LogP) is 2.72. The van der Waals surface area contributed by atoms with Crippen molar-refractivity contribution < 1.29 is 9.18 Å². The third-order valence-electron chi connectivity index (χ3n) is 3.37. The molecule has 5 nitrogen and oxygen atoms in total. The van der Waals surface area contributed by atoms with Crippen LogP contribution in [0.4, 0.5) is 10.1 Å². The molecule has 1 heterocycles. The molecule has 0 fully saturated rings. The van der Waals surface area contributed by atoms with Crippen molar-refractivity contribution >= 4 is 11.6 Å². The van der Waals surface area contributed by atoms with Gasteiger partial charge in [0, 0.05) is 11.9 Å². The lowest BCUT2D eigenvalue weighted by atomic mass is 10.2. The molecule has 3 rings (SSSR count). The van der Waals surface area contributed by atoms with E-state index in [2.05, 4.69) is 10.4 Å². The second kappa shape index (κ2) is 6.31. The molecule has 116 valence electrons. The van der Waals surface area contributed by atoms with Crippen LogP contribution in [0.15, 0.2) is 60.8 Å². The van der Waals surface area contributed by atoms with Crippen LogP contribution in [0.5, 0.6) is 0 Å². The van der Waals surface area contributed by atoms with E-state index in [0.29, 0.717) is 12.2 Å². The maximum absolute atomic E-state index is 13.7. The molecule has 1 amide bonds. The van der Waals surface area contributed by atoms with E-state index in [-0.39, 0.29) is 5.56 Å². The fraction of sp³-hybridized carbons (Fsp3) is 0.0588. The molecular formula is C17H15FN4O. The van der Waals surface area contributed by atoms with Gasteiger partial charge in [0.25, 0.3) is 5.91 Å². The molecule has 0 saturated heterocycles. The number of halogens is 1. The lowest BCUT2D eigenvalue weighted by molar-refractivity contribution is 0.0996. The predicted molar refractivity (Wildman–Crippen MR) is 85.8 cm³/mol. The molecule has 0 bridgehead atoms. The van der Waals surface area contributed by atoms with Crippen molar-refractivity contribution in [2.45, 2.75) is 6.54 Å². The first-order valence-corrected chi connectivity index (χ1v) is 7.07. The average Bonchev–Trinajstić information content (AvgIpc) is 3.02. The SMILES string of the molecule is NC(=O)c1ccc(NCc2ccn(-c3ccccc3)n2)cc1F. The highest BCUT2D eigenvalue weighted by Gasteiger charge is 2.08. The topological polar surface area (TPSA) is 72.9 Å². The number of hydrogen-bond acceptors (Lipinski definition) is 3. The molecule has 0 spiro atoms. The molecule has 0 radical (unpaired) electrons. The molecule has 3 N–H and O–H groups in total. The molecule has 6 heteroatoms. The Morgan fingerprint density at radius 2 is 1.96 bits per heavy atom. The molecule has 0 aliphatic carbocycles. The summed E-state index contributed by atoms with van der Waals surface area (Å²) in [5.41, 5.74) is 7.29. The molecule has 0 aliphatic heterocycles. The van der Waals surface area contributed by atoms with E-state index in [0.717, 1.165) is 11.4 Å². The van der Waals surface area contributed by atoms with Crippen LogP contribution in [-0.4, -0.2) is 15.7 Å². The fourth-order valence-corrected chi connectivity index (χ4v) is 2.20. The zero-order valence-electron chi connectivity index (χ0n) is 12.2. The standard InChI is InChI=1S/C17H15FN4O/c18-16-10-12(6-7-15(16)17(19)23)20-11-13-8-9-22(21-13)14-4-2-1-3-5-14/h1-10,20H,11H2,(H2,19,23). The molecule has 1 aromatic heterocycles. The zero-order chi connectivity index (χ0) is 16.2. The summed E-state index contributed by atoms with van der Waals surface area (Å²) in [4.78, 5) is 11.0. The van der Waals surface area contributed by atoms with Crippen LogP contribution < -0.4 is 11.1 Å². The van der Waals surface area contributed by atoms with Crippen LogP contribution >= 0.6 is 0 Å². The summed E-state index contributed by atoms with van der Waals surface area (Å²) in [7, 11) is 0. The number of carbonyl (C=O) groups excluding carboxylic acids is 1. The maximum Gasteiger partial charge on any atom is 0.251 e. The highest BCUT2D eigenvalue weighted by molar-refractivity contribution is 5.93. The number of nitrogens with two attached hydrogens (primary N) is 1. The van der Waals surface area contributed by atoms with Crippen LogP contribution in [0.2, 0.25) is 0 Å². The number of nitrogens with one attached hydrogen (secondary N) is 1. The highest BCUT2D eigenvalue weighted by Crippen LogP contribution is 2.15. The Morgan fingerprint density at radius 1 is 1.17 bits per heavy atom. The number of rotatable bonds is 5. The van der Waals surface area contributed by atoms with Crippen molar-refractivity contribution in [2.24, 2.45) is 5.73 Å². The summed E-state index contributed by atoms with van der Waals surface area (Å²) in [5.74, 6) is -1.42. The minimum atomic E-state index is -0.782. The van der Waals surface area contributed by atoms with Gasteiger partial charge in [-0.1, -0.05) is 18.2 Å². The number of carbonyl (C=O) groups is 1. The number of aromatic nitrogens is 2. The van der Waals surface area contributed by atoms with Gasteiger partial charge in [-0.3, -0.25) is 4.79 Å². The lowest BCUT2D eigenvalue weighted by Crippen LogP contribution is -2.13. The smallest absolute Gasteiger partial charge is 0.251 e. The van der Waals surface area contributed by atoms with Gasteiger partial charge in [-0.25, -0.2) is 9.07 Å². The van der Waals surface area contributed by atoms with Crippen molar-refractivity contribution in [1.82, 2.24) is 9.78 Å². The first-order valence-electron chi connectivity index (χ1n) is 7.07. The zero-order valence-corrected chi connectivity index (χ0v) is 12.2. The van der Waals surface area contributed by atoms with Crippen molar-refractivity contribution in [3.63, 3.8) is 0 Å². The van der Waals surface area contributed by atoms with Gasteiger partial charge in [-0.15, -0.1) is 0 Å². The largest absolute Gasteiger partial charge is 0.379 e. The van der Waals surface area contributed by atoms with Crippen molar-refractivity contribution in [3.8, 4) is 5.69 Å². The third-order valence-corrected chi connectivity index (χ3v) is 3.37. The van der Waals surface area contributed by atoms with Crippen LogP contribution in [0.25, 0.3) is 5.69 Å². The van der Waals surface area contributed by atoms with Crippen molar-refractivity contribution in [1.29, 1.82) is 0 Å². The summed E-state index contributed by atoms with van der Waals surface area (Å²) in [6, 6.07) is 15.8. The minimum absolute atomic E-state index is 0.121. The van der Waals surface area contributed by atoms with E-state index in [1.54, 1.807) is 10.7 Å². The van der Waals surface area contributed by atoms with E-state index in [1.807, 2.05) is 42.6 Å². The minimum Gasteiger partial charge on any atom is -0.379 e. The molecule has 0 aliphatic rings. The number of benzene rings is 2. The third kappa shape index (κ3) is 3.37. The van der Waals surface area contributed by atoms with Crippen LogP contribution in [0.3, 0.4) is 0 Å². The van der Waals surface area contributed by atoms with Gasteiger partial charge in [-0.05, 0) is 36.4 Å². The summed E-state index contributed by atoms with van der Waals surface area (Å²) < 4.78 is 15.5. The number of primary amides is 1. The van der Waals surface area contributed by atoms with Gasteiger partial charge in [0.15, 0.2) is 0 Å². The van der Waals surface area contributed by atoms with E-state index in [9.17, 15) is 9.18 Å². The molecular weight excluding hydrogens is 295 g/mol. The monoisotopic (exact) mass is 310 g/mol. The number of amides is 1. The molecule has 0 saturated carbocycles. The number of anilines is 1. The van der Waals surface area contributed by atoms with Gasteiger partial charge in [0.2, 0.25) is 0 Å². The second-order valence-electron chi connectivity index (χ2n) is 5.00. The Hall–Kier alpha value is -3.15. The maximum atomic E-state index is 13.7. The molecule has 0 unspecified atom stereocenters. The van der Waals surface area contributed by atoms with Gasteiger partial charge >= 0.3 is 0 Å². The molecule has 0 atom stereocenters. The first kappa shape index (κ1) is 14.8. The second-order valence-corrected chi connectivity index (χ2v) is 5.00. The summed E-state index contributed by atoms with van der Waals surface area (Å²) in [6.07, 6.45) is 1.86. The van der Waals surface area contributed by atoms with E-state index >= 15 is 0 Å². The summed E-state index contributed by atoms with van der Waals surface area (Å²) in [6.45, 7) is 0.440. The summed E-state index contributed by atoms with van der Waals surface area (Å²) in [5, 5.41) is 7.51. The average molecular weight is 310 g/mol. The van der Waals surface area contributed by atoms with E-state index in [1.165, 1.54) is 12.1 Å². The highest BCUT2D eigenvalue weighted by atomic mass is 19.1. The van der Waals surface area contributed by atoms with Crippen LogP contribution in [0, 0.1) is 5.82 Å². The molecule has 2 aromatic carbocycles. The van der Waals surface area contributed by atoms with Crippen LogP contribution in [0.1, 0.15) is 16.1 Å². The fourth-order valence-electron chi connectivity index (χ4n) is 2.20. The van der Waals surface area contributed by atoms with Gasteiger partial charge in [-0.2, -0.15) is 5.10 Å². The Balaban J connectivity index is 1.68. The van der Waals surface area contributed by atoms with Gasteiger partial charge in [0.05, 0.1) is 23.5 Å². The quantitative estimate of drug-likeness (QED) is 0.761. The Kier molecular flexibility index (Phi) is 4.05. The van der Waals surface area contributed by atoms with Gasteiger partial charge in [0.1, 0.15) is 5.82 Å². The Morgan fingerprint density at radius 3 is 2.65 bits per heavy atom. The first-order chi connectivity index (χ1) is 11.1. The van der Waals surface area contributed by atoms with E-state index < -0.39 is 11.7 Å². The summed E-state index contributed by atoms with van der Waals surface area (Å²) >= 11 is 0. The lowest BCUT2D eigenvalue weighted by Gasteiger charge is -2.06.